The zero-order chi connectivity index (χ0) is 18.5. The molecule has 5 atom stereocenters. The van der Waals surface area contributed by atoms with Crippen LogP contribution in [0.25, 0.3) is 0 Å². The molecule has 1 N–H and O–H groups in total. The Balaban J connectivity index is 1.69. The Morgan fingerprint density at radius 1 is 1.19 bits per heavy atom. The van der Waals surface area contributed by atoms with Gasteiger partial charge in [0.2, 0.25) is 0 Å². The molecule has 1 aromatic carbocycles. The van der Waals surface area contributed by atoms with Crippen LogP contribution < -0.4 is 0 Å². The minimum atomic E-state index is -0.832. The Bertz CT molecular complexity index is 823. The van der Waals surface area contributed by atoms with Gasteiger partial charge in [-0.25, -0.2) is 0 Å². The number of aliphatic hydroxyl groups is 1. The fourth-order valence-corrected chi connectivity index (χ4v) is 6.21. The molecule has 0 bridgehead atoms. The predicted molar refractivity (Wildman–Crippen MR) is 103 cm³/mol. The second-order valence-electron chi connectivity index (χ2n) is 9.18. The van der Waals surface area contributed by atoms with Gasteiger partial charge in [0, 0.05) is 11.3 Å². The van der Waals surface area contributed by atoms with E-state index in [9.17, 15) is 10.4 Å². The summed E-state index contributed by atoms with van der Waals surface area (Å²) in [7, 11) is 0. The van der Waals surface area contributed by atoms with Crippen molar-refractivity contribution >= 4 is 0 Å². The van der Waals surface area contributed by atoms with Gasteiger partial charge in [-0.15, -0.1) is 0 Å². The summed E-state index contributed by atoms with van der Waals surface area (Å²) in [6.45, 7) is 6.47. The van der Waals surface area contributed by atoms with E-state index in [0.29, 0.717) is 23.7 Å². The molecule has 0 heterocycles. The lowest BCUT2D eigenvalue weighted by Gasteiger charge is -2.52. The summed E-state index contributed by atoms with van der Waals surface area (Å²) >= 11 is 0. The smallest absolute Gasteiger partial charge is 0.131 e. The molecule has 26 heavy (non-hydrogen) atoms. The van der Waals surface area contributed by atoms with E-state index in [1.54, 1.807) is 0 Å². The molecule has 2 nitrogen and oxygen atoms in total. The fourth-order valence-electron chi connectivity index (χ4n) is 6.21. The maximum atomic E-state index is 11.4. The first-order valence-corrected chi connectivity index (χ1v) is 10.2. The van der Waals surface area contributed by atoms with Crippen LogP contribution in [0, 0.1) is 46.3 Å². The summed E-state index contributed by atoms with van der Waals surface area (Å²) in [4.78, 5) is 0. The Morgan fingerprint density at radius 2 is 2.00 bits per heavy atom. The molecular formula is C24H29NO. The summed E-state index contributed by atoms with van der Waals surface area (Å²) < 4.78 is 0. The summed E-state index contributed by atoms with van der Waals surface area (Å²) in [5.41, 5.74) is 2.63. The molecule has 0 radical (unpaired) electrons. The molecule has 4 rings (SSSR count). The van der Waals surface area contributed by atoms with E-state index in [4.69, 9.17) is 0 Å². The van der Waals surface area contributed by atoms with Crippen molar-refractivity contribution in [3.05, 3.63) is 34.9 Å². The highest BCUT2D eigenvalue weighted by atomic mass is 16.3. The number of hydrogen-bond acceptors (Lipinski definition) is 2. The van der Waals surface area contributed by atoms with Gasteiger partial charge in [-0.2, -0.15) is 5.26 Å². The van der Waals surface area contributed by atoms with Gasteiger partial charge in [-0.3, -0.25) is 0 Å². The zero-order valence-electron chi connectivity index (χ0n) is 16.2. The molecular weight excluding hydrogens is 318 g/mol. The second-order valence-corrected chi connectivity index (χ2v) is 9.18. The van der Waals surface area contributed by atoms with E-state index in [0.717, 1.165) is 44.1 Å². The van der Waals surface area contributed by atoms with E-state index in [1.165, 1.54) is 11.1 Å². The third-order valence-corrected chi connectivity index (χ3v) is 7.62. The van der Waals surface area contributed by atoms with Crippen molar-refractivity contribution in [2.24, 2.45) is 23.2 Å². The Hall–Kier alpha value is -1.77. The minimum Gasteiger partial charge on any atom is -0.377 e. The van der Waals surface area contributed by atoms with Crippen molar-refractivity contribution in [3.8, 4) is 17.9 Å². The van der Waals surface area contributed by atoms with Crippen LogP contribution in [0.1, 0.15) is 75.5 Å². The van der Waals surface area contributed by atoms with Crippen LogP contribution in [0.3, 0.4) is 0 Å². The van der Waals surface area contributed by atoms with Crippen LogP contribution in [-0.4, -0.2) is 10.7 Å². The van der Waals surface area contributed by atoms with Gasteiger partial charge in [0.1, 0.15) is 5.60 Å². The number of fused-ring (bicyclic) bond motifs is 5. The Kier molecular flexibility index (Phi) is 4.17. The first-order valence-electron chi connectivity index (χ1n) is 10.2. The highest BCUT2D eigenvalue weighted by Gasteiger charge is 2.61. The standard InChI is InChI=1S/C24H29NO/c1-16(2)9-13-24(26)14-11-22-21-8-7-18-17(15-25)5-4-6-19(18)20(21)10-12-23(22,24)3/h4-6,16,20-22,26H,7-8,10-12,14H2,1-3H3/t20?,21?,22?,23-,24-/m0/s1. The third kappa shape index (κ3) is 2.43. The van der Waals surface area contributed by atoms with Crippen LogP contribution in [0.2, 0.25) is 0 Å². The highest BCUT2D eigenvalue weighted by Crippen LogP contribution is 2.64. The van der Waals surface area contributed by atoms with E-state index in [-0.39, 0.29) is 5.41 Å². The molecule has 0 aromatic heterocycles. The average molecular weight is 348 g/mol. The van der Waals surface area contributed by atoms with Crippen molar-refractivity contribution in [1.82, 2.24) is 0 Å². The first-order chi connectivity index (χ1) is 12.4. The monoisotopic (exact) mass is 347 g/mol. The minimum absolute atomic E-state index is 0.0968. The van der Waals surface area contributed by atoms with E-state index in [2.05, 4.69) is 44.7 Å². The summed E-state index contributed by atoms with van der Waals surface area (Å²) in [6, 6.07) is 8.64. The molecule has 3 aliphatic carbocycles. The largest absolute Gasteiger partial charge is 0.377 e. The highest BCUT2D eigenvalue weighted by molar-refractivity contribution is 5.46. The maximum Gasteiger partial charge on any atom is 0.131 e. The third-order valence-electron chi connectivity index (χ3n) is 7.62. The van der Waals surface area contributed by atoms with Gasteiger partial charge in [0.15, 0.2) is 0 Å². The van der Waals surface area contributed by atoms with E-state index in [1.807, 2.05) is 12.1 Å². The van der Waals surface area contributed by atoms with E-state index >= 15 is 0 Å². The van der Waals surface area contributed by atoms with Gasteiger partial charge in [0.05, 0.1) is 11.6 Å². The number of benzene rings is 1. The molecule has 2 saturated carbocycles. The lowest BCUT2D eigenvalue weighted by Crippen LogP contribution is -2.50. The van der Waals surface area contributed by atoms with Gasteiger partial charge in [0.25, 0.3) is 0 Å². The normalized spacial score (nSPS) is 37.8. The van der Waals surface area contributed by atoms with Crippen LogP contribution in [-0.2, 0) is 6.42 Å². The molecule has 0 aliphatic heterocycles. The van der Waals surface area contributed by atoms with Crippen molar-refractivity contribution in [2.75, 3.05) is 0 Å². The summed E-state index contributed by atoms with van der Waals surface area (Å²) in [6.07, 6.45) is 6.16. The zero-order valence-corrected chi connectivity index (χ0v) is 16.2. The molecule has 0 saturated heterocycles. The first kappa shape index (κ1) is 17.6. The molecule has 2 heteroatoms. The fraction of sp³-hybridized carbons (Fsp3) is 0.625. The van der Waals surface area contributed by atoms with Crippen LogP contribution in [0.15, 0.2) is 18.2 Å². The van der Waals surface area contributed by atoms with Crippen molar-refractivity contribution < 1.29 is 5.11 Å². The predicted octanol–water partition coefficient (Wildman–Crippen LogP) is 4.80. The maximum absolute atomic E-state index is 11.4. The van der Waals surface area contributed by atoms with Gasteiger partial charge in [-0.05, 0) is 73.5 Å². The van der Waals surface area contributed by atoms with Crippen molar-refractivity contribution in [2.45, 2.75) is 70.8 Å². The summed E-state index contributed by atoms with van der Waals surface area (Å²) in [5, 5.41) is 20.9. The number of rotatable bonds is 0. The molecule has 136 valence electrons. The lowest BCUT2D eigenvalue weighted by atomic mass is 9.53. The topological polar surface area (TPSA) is 44.0 Å². The van der Waals surface area contributed by atoms with Crippen LogP contribution in [0.4, 0.5) is 0 Å². The van der Waals surface area contributed by atoms with Crippen LogP contribution in [0.5, 0.6) is 0 Å². The van der Waals surface area contributed by atoms with Gasteiger partial charge >= 0.3 is 0 Å². The number of hydrogen-bond donors (Lipinski definition) is 1. The molecule has 0 spiro atoms. The molecule has 3 unspecified atom stereocenters. The second kappa shape index (κ2) is 6.14. The van der Waals surface area contributed by atoms with Gasteiger partial charge in [-0.1, -0.05) is 44.7 Å². The molecule has 2 fully saturated rings. The lowest BCUT2D eigenvalue weighted by molar-refractivity contribution is -0.0648. The van der Waals surface area contributed by atoms with Gasteiger partial charge < -0.3 is 5.11 Å². The molecule has 1 aromatic rings. The summed E-state index contributed by atoms with van der Waals surface area (Å²) in [5.74, 6) is 8.54. The number of nitriles is 1. The Labute approximate surface area is 157 Å². The average Bonchev–Trinajstić information content (AvgIpc) is 2.91. The quantitative estimate of drug-likeness (QED) is 0.685. The molecule has 0 amide bonds. The number of nitrogens with zero attached hydrogens (tertiary/aromatic N) is 1. The van der Waals surface area contributed by atoms with E-state index < -0.39 is 5.60 Å². The Morgan fingerprint density at radius 3 is 2.73 bits per heavy atom. The van der Waals surface area contributed by atoms with Crippen molar-refractivity contribution in [3.63, 3.8) is 0 Å². The molecule has 3 aliphatic rings. The SMILES string of the molecule is CC(C)C#C[C@]1(O)CCC2C3CCc4c(C#N)cccc4C3CC[C@@]21C. The van der Waals surface area contributed by atoms with Crippen molar-refractivity contribution in [1.29, 1.82) is 5.26 Å². The van der Waals surface area contributed by atoms with Crippen LogP contribution >= 0.6 is 0 Å².